The largest absolute Gasteiger partial charge is 0.309 e. The maximum absolute atomic E-state index is 6.19. The lowest BCUT2D eigenvalue weighted by Crippen LogP contribution is -2.16. The van der Waals surface area contributed by atoms with E-state index in [1.807, 2.05) is 30.5 Å². The maximum atomic E-state index is 6.19. The van der Waals surface area contributed by atoms with E-state index in [9.17, 15) is 0 Å². The van der Waals surface area contributed by atoms with Gasteiger partial charge in [-0.2, -0.15) is 0 Å². The summed E-state index contributed by atoms with van der Waals surface area (Å²) in [5, 5.41) is 4.20. The van der Waals surface area contributed by atoms with Gasteiger partial charge < -0.3 is 5.32 Å². The highest BCUT2D eigenvalue weighted by Gasteiger charge is 2.20. The summed E-state index contributed by atoms with van der Waals surface area (Å²) in [6, 6.07) is 10.9. The van der Waals surface area contributed by atoms with Crippen molar-refractivity contribution < 1.29 is 0 Å². The summed E-state index contributed by atoms with van der Waals surface area (Å²) in [6.07, 6.45) is 0. The monoisotopic (exact) mass is 307 g/mol. The van der Waals surface area contributed by atoms with Gasteiger partial charge in [0.15, 0.2) is 0 Å². The van der Waals surface area contributed by atoms with E-state index in [1.165, 1.54) is 20.9 Å². The summed E-state index contributed by atoms with van der Waals surface area (Å²) in [6.45, 7) is 8.83. The highest BCUT2D eigenvalue weighted by atomic mass is 35.5. The number of halogens is 1. The molecule has 0 saturated carbocycles. The molecule has 0 spiro atoms. The van der Waals surface area contributed by atoms with E-state index in [2.05, 4.69) is 51.2 Å². The zero-order chi connectivity index (χ0) is 14.9. The van der Waals surface area contributed by atoms with Gasteiger partial charge in [0.2, 0.25) is 0 Å². The molecule has 1 atom stereocenters. The number of nitrogens with one attached hydrogen (secondary N) is 1. The third kappa shape index (κ3) is 3.43. The Bertz CT molecular complexity index is 575. The first-order chi connectivity index (χ1) is 9.31. The molecule has 0 bridgehead atoms. The van der Waals surface area contributed by atoms with Crippen molar-refractivity contribution >= 4 is 22.9 Å². The van der Waals surface area contributed by atoms with Crippen molar-refractivity contribution in [3.05, 3.63) is 56.2 Å². The standard InChI is InChI=1S/C17H22ClNS/c1-11-8-12(10-13(18)9-11)16(19-5)14-6-7-15(20-14)17(2,3)4/h6-10,16,19H,1-5H3. The average molecular weight is 308 g/mol. The predicted molar refractivity (Wildman–Crippen MR) is 90.1 cm³/mol. The Hall–Kier alpha value is -0.830. The summed E-state index contributed by atoms with van der Waals surface area (Å²) in [4.78, 5) is 2.74. The molecule has 1 aromatic heterocycles. The second kappa shape index (κ2) is 5.88. The molecule has 20 heavy (non-hydrogen) atoms. The van der Waals surface area contributed by atoms with Crippen LogP contribution in [0, 0.1) is 6.92 Å². The van der Waals surface area contributed by atoms with E-state index >= 15 is 0 Å². The topological polar surface area (TPSA) is 12.0 Å². The Labute approximate surface area is 131 Å². The van der Waals surface area contributed by atoms with Crippen molar-refractivity contribution in [3.63, 3.8) is 0 Å². The number of thiophene rings is 1. The molecule has 1 heterocycles. The highest BCUT2D eigenvalue weighted by molar-refractivity contribution is 7.12. The minimum atomic E-state index is 0.200. The Kier molecular flexibility index (Phi) is 4.58. The minimum Gasteiger partial charge on any atom is -0.309 e. The number of aryl methyl sites for hydroxylation is 1. The van der Waals surface area contributed by atoms with Gasteiger partial charge in [-0.15, -0.1) is 11.3 Å². The lowest BCUT2D eigenvalue weighted by atomic mass is 9.95. The van der Waals surface area contributed by atoms with Crippen LogP contribution in [0.1, 0.15) is 47.7 Å². The van der Waals surface area contributed by atoms with E-state index in [1.54, 1.807) is 0 Å². The second-order valence-corrected chi connectivity index (χ2v) is 7.79. The molecule has 1 N–H and O–H groups in total. The Morgan fingerprint density at radius 2 is 1.85 bits per heavy atom. The molecule has 0 radical (unpaired) electrons. The maximum Gasteiger partial charge on any atom is 0.0669 e. The quantitative estimate of drug-likeness (QED) is 0.809. The lowest BCUT2D eigenvalue weighted by Gasteiger charge is -2.18. The first-order valence-corrected chi connectivity index (χ1v) is 8.05. The minimum absolute atomic E-state index is 0.200. The number of rotatable bonds is 3. The van der Waals surface area contributed by atoms with Crippen molar-refractivity contribution in [3.8, 4) is 0 Å². The van der Waals surface area contributed by atoms with Crippen molar-refractivity contribution in [2.75, 3.05) is 7.05 Å². The molecule has 0 aliphatic heterocycles. The van der Waals surface area contributed by atoms with Crippen LogP contribution in [-0.4, -0.2) is 7.05 Å². The second-order valence-electron chi connectivity index (χ2n) is 6.24. The molecule has 2 rings (SSSR count). The fraction of sp³-hybridized carbons (Fsp3) is 0.412. The van der Waals surface area contributed by atoms with Crippen LogP contribution in [0.3, 0.4) is 0 Å². The highest BCUT2D eigenvalue weighted by Crippen LogP contribution is 2.35. The van der Waals surface area contributed by atoms with Crippen LogP contribution >= 0.6 is 22.9 Å². The van der Waals surface area contributed by atoms with Crippen LogP contribution in [0.15, 0.2) is 30.3 Å². The molecular formula is C17H22ClNS. The summed E-state index contributed by atoms with van der Waals surface area (Å²) in [7, 11) is 2.00. The smallest absolute Gasteiger partial charge is 0.0669 e. The van der Waals surface area contributed by atoms with Crippen molar-refractivity contribution in [1.29, 1.82) is 0 Å². The normalized spacial score (nSPS) is 13.5. The molecule has 0 fully saturated rings. The molecule has 1 unspecified atom stereocenters. The number of hydrogen-bond acceptors (Lipinski definition) is 2. The van der Waals surface area contributed by atoms with E-state index < -0.39 is 0 Å². The molecule has 0 aliphatic carbocycles. The fourth-order valence-corrected chi connectivity index (χ4v) is 3.82. The fourth-order valence-electron chi connectivity index (χ4n) is 2.32. The van der Waals surface area contributed by atoms with Crippen LogP contribution in [0.25, 0.3) is 0 Å². The first kappa shape index (κ1) is 15.6. The van der Waals surface area contributed by atoms with Gasteiger partial charge >= 0.3 is 0 Å². The summed E-state index contributed by atoms with van der Waals surface area (Å²) >= 11 is 8.07. The molecule has 1 nitrogen and oxygen atoms in total. The van der Waals surface area contributed by atoms with Crippen LogP contribution in [0.5, 0.6) is 0 Å². The molecule has 0 aliphatic rings. The van der Waals surface area contributed by atoms with Crippen LogP contribution in [-0.2, 0) is 5.41 Å². The predicted octanol–water partition coefficient (Wildman–Crippen LogP) is 5.32. The summed E-state index contributed by atoms with van der Waals surface area (Å²) < 4.78 is 0. The molecular weight excluding hydrogens is 286 g/mol. The van der Waals surface area contributed by atoms with Gasteiger partial charge in [-0.05, 0) is 54.8 Å². The zero-order valence-electron chi connectivity index (χ0n) is 12.8. The van der Waals surface area contributed by atoms with Gasteiger partial charge in [0.25, 0.3) is 0 Å². The Morgan fingerprint density at radius 3 is 2.35 bits per heavy atom. The molecule has 1 aromatic carbocycles. The number of benzene rings is 1. The Morgan fingerprint density at radius 1 is 1.15 bits per heavy atom. The van der Waals surface area contributed by atoms with Gasteiger partial charge in [0.1, 0.15) is 0 Å². The van der Waals surface area contributed by atoms with Gasteiger partial charge in [-0.25, -0.2) is 0 Å². The third-order valence-corrected chi connectivity index (χ3v) is 5.13. The lowest BCUT2D eigenvalue weighted by molar-refractivity contribution is 0.604. The molecule has 108 valence electrons. The summed E-state index contributed by atoms with van der Waals surface area (Å²) in [5.74, 6) is 0. The number of hydrogen-bond donors (Lipinski definition) is 1. The van der Waals surface area contributed by atoms with Gasteiger partial charge in [-0.1, -0.05) is 38.4 Å². The first-order valence-electron chi connectivity index (χ1n) is 6.86. The van der Waals surface area contributed by atoms with Gasteiger partial charge in [0.05, 0.1) is 6.04 Å². The van der Waals surface area contributed by atoms with Gasteiger partial charge in [-0.3, -0.25) is 0 Å². The SMILES string of the molecule is CNC(c1cc(C)cc(Cl)c1)c1ccc(C(C)(C)C)s1. The van der Waals surface area contributed by atoms with Crippen LogP contribution in [0.2, 0.25) is 5.02 Å². The van der Waals surface area contributed by atoms with E-state index in [0.29, 0.717) is 0 Å². The van der Waals surface area contributed by atoms with Crippen molar-refractivity contribution in [1.82, 2.24) is 5.32 Å². The third-order valence-electron chi connectivity index (χ3n) is 3.34. The Balaban J connectivity index is 2.39. The van der Waals surface area contributed by atoms with Crippen LogP contribution in [0.4, 0.5) is 0 Å². The molecule has 0 amide bonds. The van der Waals surface area contributed by atoms with Crippen LogP contribution < -0.4 is 5.32 Å². The molecule has 3 heteroatoms. The summed E-state index contributed by atoms with van der Waals surface area (Å²) in [5.41, 5.74) is 2.62. The molecule has 2 aromatic rings. The van der Waals surface area contributed by atoms with Crippen molar-refractivity contribution in [2.24, 2.45) is 0 Å². The molecule has 0 saturated heterocycles. The van der Waals surface area contributed by atoms with E-state index in [4.69, 9.17) is 11.6 Å². The average Bonchev–Trinajstić information content (AvgIpc) is 2.77. The van der Waals surface area contributed by atoms with E-state index in [-0.39, 0.29) is 11.5 Å². The zero-order valence-corrected chi connectivity index (χ0v) is 14.3. The van der Waals surface area contributed by atoms with E-state index in [0.717, 1.165) is 5.02 Å². The van der Waals surface area contributed by atoms with Crippen molar-refractivity contribution in [2.45, 2.75) is 39.2 Å². The van der Waals surface area contributed by atoms with Gasteiger partial charge in [0, 0.05) is 14.8 Å².